The normalized spacial score (nSPS) is 12.9. The number of nitrogens with zero attached hydrogens (tertiary/aromatic N) is 3. The Morgan fingerprint density at radius 3 is 2.74 bits per heavy atom. The van der Waals surface area contributed by atoms with Crippen molar-refractivity contribution in [2.75, 3.05) is 0 Å². The van der Waals surface area contributed by atoms with E-state index in [2.05, 4.69) is 20.1 Å². The van der Waals surface area contributed by atoms with Crippen molar-refractivity contribution in [2.45, 2.75) is 45.7 Å². The standard InChI is InChI=1S/C17H20N4O2/c1-12-4-6-13(7-5-12)14(22)8-9-17(23)18-11-16-20-19-15-3-2-10-21(15)16/h4-7H,2-3,8-11H2,1H3,(H,18,23). The first-order chi connectivity index (χ1) is 11.1. The van der Waals surface area contributed by atoms with Gasteiger partial charge < -0.3 is 9.88 Å². The van der Waals surface area contributed by atoms with E-state index in [1.54, 1.807) is 12.1 Å². The third kappa shape index (κ3) is 3.64. The molecular formula is C17H20N4O2. The summed E-state index contributed by atoms with van der Waals surface area (Å²) in [6, 6.07) is 7.41. The number of aromatic nitrogens is 3. The van der Waals surface area contributed by atoms with Crippen LogP contribution in [0, 0.1) is 6.92 Å². The fourth-order valence-corrected chi connectivity index (χ4v) is 2.72. The van der Waals surface area contributed by atoms with Crippen molar-refractivity contribution in [3.63, 3.8) is 0 Å². The Labute approximate surface area is 134 Å². The third-order valence-electron chi connectivity index (χ3n) is 4.08. The highest BCUT2D eigenvalue weighted by molar-refractivity contribution is 5.97. The minimum atomic E-state index is -0.138. The molecule has 1 aromatic carbocycles. The Bertz CT molecular complexity index is 719. The van der Waals surface area contributed by atoms with E-state index in [1.807, 2.05) is 19.1 Å². The van der Waals surface area contributed by atoms with E-state index in [1.165, 1.54) is 0 Å². The summed E-state index contributed by atoms with van der Waals surface area (Å²) in [5.74, 6) is 1.63. The van der Waals surface area contributed by atoms with Crippen molar-refractivity contribution in [2.24, 2.45) is 0 Å². The van der Waals surface area contributed by atoms with Crippen molar-refractivity contribution in [3.8, 4) is 0 Å². The number of carbonyl (C=O) groups excluding carboxylic acids is 2. The number of aryl methyl sites for hydroxylation is 2. The van der Waals surface area contributed by atoms with E-state index >= 15 is 0 Å². The van der Waals surface area contributed by atoms with E-state index < -0.39 is 0 Å². The Kier molecular flexibility index (Phi) is 4.50. The highest BCUT2D eigenvalue weighted by atomic mass is 16.2. The van der Waals surface area contributed by atoms with Gasteiger partial charge in [-0.3, -0.25) is 9.59 Å². The van der Waals surface area contributed by atoms with Crippen molar-refractivity contribution < 1.29 is 9.59 Å². The molecule has 0 unspecified atom stereocenters. The van der Waals surface area contributed by atoms with Crippen molar-refractivity contribution in [3.05, 3.63) is 47.0 Å². The number of rotatable bonds is 6. The molecule has 120 valence electrons. The molecule has 1 N–H and O–H groups in total. The monoisotopic (exact) mass is 312 g/mol. The molecule has 0 atom stereocenters. The summed E-state index contributed by atoms with van der Waals surface area (Å²) >= 11 is 0. The lowest BCUT2D eigenvalue weighted by Crippen LogP contribution is -2.25. The first kappa shape index (κ1) is 15.4. The zero-order valence-corrected chi connectivity index (χ0v) is 13.2. The van der Waals surface area contributed by atoms with Crippen LogP contribution in [0.1, 0.15) is 46.8 Å². The third-order valence-corrected chi connectivity index (χ3v) is 4.08. The predicted octanol–water partition coefficient (Wildman–Crippen LogP) is 1.81. The number of hydrogen-bond donors (Lipinski definition) is 1. The molecule has 6 heteroatoms. The van der Waals surface area contributed by atoms with Gasteiger partial charge in [0, 0.05) is 31.4 Å². The van der Waals surface area contributed by atoms with E-state index in [0.29, 0.717) is 12.1 Å². The lowest BCUT2D eigenvalue weighted by atomic mass is 10.1. The summed E-state index contributed by atoms with van der Waals surface area (Å²) in [6.07, 6.45) is 2.43. The first-order valence-electron chi connectivity index (χ1n) is 7.91. The number of nitrogens with one attached hydrogen (secondary N) is 1. The van der Waals surface area contributed by atoms with Crippen LogP contribution >= 0.6 is 0 Å². The van der Waals surface area contributed by atoms with Gasteiger partial charge in [-0.25, -0.2) is 0 Å². The van der Waals surface area contributed by atoms with Gasteiger partial charge in [-0.15, -0.1) is 10.2 Å². The van der Waals surface area contributed by atoms with Crippen LogP contribution < -0.4 is 5.32 Å². The van der Waals surface area contributed by atoms with Gasteiger partial charge in [0.1, 0.15) is 5.82 Å². The van der Waals surface area contributed by atoms with Crippen LogP contribution in [0.25, 0.3) is 0 Å². The lowest BCUT2D eigenvalue weighted by molar-refractivity contribution is -0.121. The Hall–Kier alpha value is -2.50. The number of carbonyl (C=O) groups is 2. The second-order valence-corrected chi connectivity index (χ2v) is 5.85. The number of benzene rings is 1. The zero-order chi connectivity index (χ0) is 16.2. The van der Waals surface area contributed by atoms with E-state index in [9.17, 15) is 9.59 Å². The molecule has 1 aromatic heterocycles. The molecule has 1 amide bonds. The molecule has 2 aromatic rings. The van der Waals surface area contributed by atoms with Gasteiger partial charge in [0.05, 0.1) is 6.54 Å². The largest absolute Gasteiger partial charge is 0.349 e. The second kappa shape index (κ2) is 6.73. The fraction of sp³-hybridized carbons (Fsp3) is 0.412. The van der Waals surface area contributed by atoms with Crippen molar-refractivity contribution in [1.82, 2.24) is 20.1 Å². The summed E-state index contributed by atoms with van der Waals surface area (Å²) in [4.78, 5) is 23.9. The van der Waals surface area contributed by atoms with Gasteiger partial charge in [0.25, 0.3) is 0 Å². The predicted molar refractivity (Wildman–Crippen MR) is 84.9 cm³/mol. The summed E-state index contributed by atoms with van der Waals surface area (Å²) in [6.45, 7) is 3.26. The van der Waals surface area contributed by atoms with Gasteiger partial charge in [-0.05, 0) is 13.3 Å². The highest BCUT2D eigenvalue weighted by Gasteiger charge is 2.17. The van der Waals surface area contributed by atoms with Crippen LogP contribution in [0.3, 0.4) is 0 Å². The van der Waals surface area contributed by atoms with E-state index in [0.717, 1.165) is 36.6 Å². The molecule has 0 spiro atoms. The molecule has 0 bridgehead atoms. The molecule has 0 saturated heterocycles. The fourth-order valence-electron chi connectivity index (χ4n) is 2.72. The average molecular weight is 312 g/mol. The molecular weight excluding hydrogens is 292 g/mol. The van der Waals surface area contributed by atoms with Gasteiger partial charge >= 0.3 is 0 Å². The molecule has 3 rings (SSSR count). The van der Waals surface area contributed by atoms with Gasteiger partial charge in [-0.1, -0.05) is 29.8 Å². The molecule has 0 aliphatic carbocycles. The first-order valence-corrected chi connectivity index (χ1v) is 7.91. The van der Waals surface area contributed by atoms with Gasteiger partial charge in [0.15, 0.2) is 11.6 Å². The molecule has 2 heterocycles. The molecule has 1 aliphatic rings. The minimum absolute atomic E-state index is 0.0106. The summed E-state index contributed by atoms with van der Waals surface area (Å²) in [5.41, 5.74) is 1.76. The molecule has 0 fully saturated rings. The Morgan fingerprint density at radius 2 is 1.96 bits per heavy atom. The van der Waals surface area contributed by atoms with Gasteiger partial charge in [0.2, 0.25) is 5.91 Å². The van der Waals surface area contributed by atoms with Crippen LogP contribution in [0.5, 0.6) is 0 Å². The molecule has 6 nitrogen and oxygen atoms in total. The zero-order valence-electron chi connectivity index (χ0n) is 13.2. The van der Waals surface area contributed by atoms with Crippen molar-refractivity contribution in [1.29, 1.82) is 0 Å². The van der Waals surface area contributed by atoms with E-state index in [4.69, 9.17) is 0 Å². The van der Waals surface area contributed by atoms with Crippen LogP contribution in [0.4, 0.5) is 0 Å². The maximum absolute atomic E-state index is 12.0. The summed E-state index contributed by atoms with van der Waals surface area (Å²) in [7, 11) is 0. The maximum atomic E-state index is 12.0. The van der Waals surface area contributed by atoms with Crippen LogP contribution in [-0.2, 0) is 24.3 Å². The number of hydrogen-bond acceptors (Lipinski definition) is 4. The van der Waals surface area contributed by atoms with Gasteiger partial charge in [-0.2, -0.15) is 0 Å². The Balaban J connectivity index is 1.46. The smallest absolute Gasteiger partial charge is 0.220 e. The van der Waals surface area contributed by atoms with E-state index in [-0.39, 0.29) is 24.5 Å². The van der Waals surface area contributed by atoms with Crippen molar-refractivity contribution >= 4 is 11.7 Å². The number of Topliss-reactive ketones (excluding diaryl/α,β-unsaturated/α-hetero) is 1. The molecule has 0 saturated carbocycles. The molecule has 23 heavy (non-hydrogen) atoms. The van der Waals surface area contributed by atoms with Crippen LogP contribution in [0.2, 0.25) is 0 Å². The average Bonchev–Trinajstić information content (AvgIpc) is 3.15. The topological polar surface area (TPSA) is 76.9 Å². The summed E-state index contributed by atoms with van der Waals surface area (Å²) < 4.78 is 2.05. The molecule has 0 radical (unpaired) electrons. The number of ketones is 1. The highest BCUT2D eigenvalue weighted by Crippen LogP contribution is 2.13. The van der Waals surface area contributed by atoms with Crippen LogP contribution in [-0.4, -0.2) is 26.5 Å². The van der Waals surface area contributed by atoms with Crippen LogP contribution in [0.15, 0.2) is 24.3 Å². The molecule has 1 aliphatic heterocycles. The summed E-state index contributed by atoms with van der Waals surface area (Å²) in [5, 5.41) is 11.0. The second-order valence-electron chi connectivity index (χ2n) is 5.85. The number of fused-ring (bicyclic) bond motifs is 1. The SMILES string of the molecule is Cc1ccc(C(=O)CCC(=O)NCc2nnc3n2CCC3)cc1. The minimum Gasteiger partial charge on any atom is -0.349 e. The lowest BCUT2D eigenvalue weighted by Gasteiger charge is -2.06. The Morgan fingerprint density at radius 1 is 1.17 bits per heavy atom. The quantitative estimate of drug-likeness (QED) is 0.825. The maximum Gasteiger partial charge on any atom is 0.220 e. The number of amides is 1.